The second-order valence-electron chi connectivity index (χ2n) is 6.54. The first-order valence-corrected chi connectivity index (χ1v) is 9.10. The van der Waals surface area contributed by atoms with Crippen LogP contribution in [0.3, 0.4) is 0 Å². The van der Waals surface area contributed by atoms with Crippen molar-refractivity contribution in [3.63, 3.8) is 0 Å². The van der Waals surface area contributed by atoms with Crippen molar-refractivity contribution >= 4 is 6.09 Å². The van der Waals surface area contributed by atoms with Crippen molar-refractivity contribution in [1.29, 1.82) is 0 Å². The normalized spacial score (nSPS) is 21.0. The number of aliphatic hydroxyl groups excluding tert-OH is 1. The molecule has 25 heavy (non-hydrogen) atoms. The van der Waals surface area contributed by atoms with Crippen LogP contribution in [0, 0.1) is 0 Å². The Balaban J connectivity index is 2.06. The lowest BCUT2D eigenvalue weighted by Gasteiger charge is -2.39. The first kappa shape index (κ1) is 19.3. The van der Waals surface area contributed by atoms with Crippen LogP contribution < -0.4 is 0 Å². The molecule has 0 aliphatic carbocycles. The van der Waals surface area contributed by atoms with Gasteiger partial charge in [0.2, 0.25) is 0 Å². The van der Waals surface area contributed by atoms with Crippen LogP contribution >= 0.6 is 0 Å². The maximum Gasteiger partial charge on any atom is 0.410 e. The van der Waals surface area contributed by atoms with E-state index in [0.29, 0.717) is 12.8 Å². The number of nitrogens with zero attached hydrogens (tertiary/aromatic N) is 1. The number of rotatable bonds is 8. The van der Waals surface area contributed by atoms with Crippen LogP contribution in [0.15, 0.2) is 55.1 Å². The Kier molecular flexibility index (Phi) is 7.74. The van der Waals surface area contributed by atoms with Crippen LogP contribution in [0.5, 0.6) is 0 Å². The Labute approximate surface area is 150 Å². The zero-order valence-electron chi connectivity index (χ0n) is 15.0. The molecule has 0 fully saturated rings. The number of carbonyl (C=O) groups excluding carboxylic acids is 1. The fourth-order valence-corrected chi connectivity index (χ4v) is 3.29. The SMILES string of the molecule is C=CC[C@@H]1C=CC[C@H](C[C@H](O)CCC)N1C(=O)OCc1ccccc1. The van der Waals surface area contributed by atoms with E-state index in [1.165, 1.54) is 0 Å². The third-order valence-corrected chi connectivity index (χ3v) is 4.51. The van der Waals surface area contributed by atoms with Gasteiger partial charge in [-0.1, -0.05) is 61.9 Å². The number of amides is 1. The highest BCUT2D eigenvalue weighted by Gasteiger charge is 2.33. The lowest BCUT2D eigenvalue weighted by atomic mass is 9.95. The Morgan fingerprint density at radius 3 is 2.88 bits per heavy atom. The predicted octanol–water partition coefficient (Wildman–Crippen LogP) is 4.45. The molecular weight excluding hydrogens is 314 g/mol. The lowest BCUT2D eigenvalue weighted by molar-refractivity contribution is 0.0470. The average Bonchev–Trinajstić information content (AvgIpc) is 2.61. The summed E-state index contributed by atoms with van der Waals surface area (Å²) in [5, 5.41) is 10.2. The van der Waals surface area contributed by atoms with Crippen molar-refractivity contribution in [3.8, 4) is 0 Å². The quantitative estimate of drug-likeness (QED) is 0.710. The van der Waals surface area contributed by atoms with Crippen molar-refractivity contribution in [2.75, 3.05) is 0 Å². The Bertz CT molecular complexity index is 570. The summed E-state index contributed by atoms with van der Waals surface area (Å²) >= 11 is 0. The van der Waals surface area contributed by atoms with E-state index in [2.05, 4.69) is 19.6 Å². The molecule has 1 amide bonds. The molecule has 1 aromatic carbocycles. The monoisotopic (exact) mass is 343 g/mol. The van der Waals surface area contributed by atoms with Gasteiger partial charge in [-0.25, -0.2) is 4.79 Å². The van der Waals surface area contributed by atoms with Crippen LogP contribution in [0.25, 0.3) is 0 Å². The van der Waals surface area contributed by atoms with Gasteiger partial charge in [-0.2, -0.15) is 0 Å². The number of carbonyl (C=O) groups is 1. The van der Waals surface area contributed by atoms with Gasteiger partial charge >= 0.3 is 6.09 Å². The molecule has 0 aromatic heterocycles. The van der Waals surface area contributed by atoms with E-state index in [0.717, 1.165) is 24.8 Å². The highest BCUT2D eigenvalue weighted by molar-refractivity contribution is 5.69. The molecule has 0 saturated carbocycles. The van der Waals surface area contributed by atoms with Crippen molar-refractivity contribution in [2.45, 2.75) is 63.8 Å². The van der Waals surface area contributed by atoms with Crippen LogP contribution in [-0.2, 0) is 11.3 Å². The first-order chi connectivity index (χ1) is 12.2. The molecule has 1 aromatic rings. The van der Waals surface area contributed by atoms with Gasteiger partial charge in [-0.05, 0) is 31.2 Å². The third kappa shape index (κ3) is 5.75. The first-order valence-electron chi connectivity index (χ1n) is 9.10. The van der Waals surface area contributed by atoms with Crippen molar-refractivity contribution in [3.05, 3.63) is 60.7 Å². The second-order valence-corrected chi connectivity index (χ2v) is 6.54. The highest BCUT2D eigenvalue weighted by Crippen LogP contribution is 2.25. The van der Waals surface area contributed by atoms with Gasteiger partial charge in [0.1, 0.15) is 6.61 Å². The average molecular weight is 343 g/mol. The van der Waals surface area contributed by atoms with Crippen LogP contribution in [0.2, 0.25) is 0 Å². The zero-order chi connectivity index (χ0) is 18.1. The van der Waals surface area contributed by atoms with E-state index in [1.54, 1.807) is 4.90 Å². The number of ether oxygens (including phenoxy) is 1. The fourth-order valence-electron chi connectivity index (χ4n) is 3.29. The topological polar surface area (TPSA) is 49.8 Å². The van der Waals surface area contributed by atoms with Gasteiger partial charge < -0.3 is 9.84 Å². The lowest BCUT2D eigenvalue weighted by Crippen LogP contribution is -2.49. The van der Waals surface area contributed by atoms with E-state index in [4.69, 9.17) is 4.74 Å². The Morgan fingerprint density at radius 2 is 2.20 bits per heavy atom. The minimum atomic E-state index is -0.393. The molecule has 0 bridgehead atoms. The molecule has 0 unspecified atom stereocenters. The molecular formula is C21H29NO3. The maximum atomic E-state index is 12.8. The molecule has 1 aliphatic heterocycles. The Morgan fingerprint density at radius 1 is 1.44 bits per heavy atom. The summed E-state index contributed by atoms with van der Waals surface area (Å²) in [6, 6.07) is 9.56. The molecule has 136 valence electrons. The van der Waals surface area contributed by atoms with Crippen molar-refractivity contribution < 1.29 is 14.6 Å². The van der Waals surface area contributed by atoms with Crippen molar-refractivity contribution in [1.82, 2.24) is 4.90 Å². The number of hydrogen-bond acceptors (Lipinski definition) is 3. The van der Waals surface area contributed by atoms with Gasteiger partial charge in [0.25, 0.3) is 0 Å². The van der Waals surface area contributed by atoms with Gasteiger partial charge in [-0.3, -0.25) is 4.90 Å². The molecule has 0 spiro atoms. The second kappa shape index (κ2) is 10.0. The predicted molar refractivity (Wildman–Crippen MR) is 100 cm³/mol. The molecule has 4 nitrogen and oxygen atoms in total. The molecule has 4 heteroatoms. The standard InChI is InChI=1S/C21H29NO3/c1-3-9-18-13-8-14-19(15-20(23)10-4-2)22(18)21(24)25-16-17-11-6-5-7-12-17/h3,5-8,11-13,18-20,23H,1,4,9-10,14-16H2,2H3/t18-,19-,20-/m1/s1. The molecule has 3 atom stereocenters. The van der Waals surface area contributed by atoms with E-state index < -0.39 is 6.10 Å². The third-order valence-electron chi connectivity index (χ3n) is 4.51. The minimum Gasteiger partial charge on any atom is -0.445 e. The molecule has 1 aliphatic rings. The number of aliphatic hydroxyl groups is 1. The van der Waals surface area contributed by atoms with Crippen molar-refractivity contribution in [2.24, 2.45) is 0 Å². The summed E-state index contributed by atoms with van der Waals surface area (Å²) in [6.45, 7) is 6.10. The van der Waals surface area contributed by atoms with Crippen LogP contribution in [0.1, 0.15) is 44.6 Å². The maximum absolute atomic E-state index is 12.8. The Hall–Kier alpha value is -2.07. The number of hydrogen-bond donors (Lipinski definition) is 1. The van der Waals surface area contributed by atoms with Crippen LogP contribution in [-0.4, -0.2) is 34.3 Å². The van der Waals surface area contributed by atoms with E-state index >= 15 is 0 Å². The fraction of sp³-hybridized carbons (Fsp3) is 0.476. The van der Waals surface area contributed by atoms with Gasteiger partial charge in [0.05, 0.1) is 12.1 Å². The van der Waals surface area contributed by atoms with Gasteiger partial charge in [-0.15, -0.1) is 6.58 Å². The van der Waals surface area contributed by atoms with E-state index in [-0.39, 0.29) is 24.8 Å². The highest BCUT2D eigenvalue weighted by atomic mass is 16.6. The molecule has 1 heterocycles. The van der Waals surface area contributed by atoms with Gasteiger partial charge in [0, 0.05) is 6.04 Å². The van der Waals surface area contributed by atoms with E-state index in [1.807, 2.05) is 42.5 Å². The molecule has 2 rings (SSSR count). The summed E-state index contributed by atoms with van der Waals surface area (Å²) in [5.41, 5.74) is 0.964. The summed E-state index contributed by atoms with van der Waals surface area (Å²) in [7, 11) is 0. The molecule has 0 saturated heterocycles. The van der Waals surface area contributed by atoms with E-state index in [9.17, 15) is 9.90 Å². The smallest absolute Gasteiger partial charge is 0.410 e. The summed E-state index contributed by atoms with van der Waals surface area (Å²) in [5.74, 6) is 0. The summed E-state index contributed by atoms with van der Waals surface area (Å²) < 4.78 is 5.55. The largest absolute Gasteiger partial charge is 0.445 e. The summed E-state index contributed by atoms with van der Waals surface area (Å²) in [4.78, 5) is 14.5. The molecule has 0 radical (unpaired) electrons. The minimum absolute atomic E-state index is 0.0419. The van der Waals surface area contributed by atoms with Gasteiger partial charge in [0.15, 0.2) is 0 Å². The summed E-state index contributed by atoms with van der Waals surface area (Å²) in [6.07, 6.45) is 8.91. The zero-order valence-corrected chi connectivity index (χ0v) is 15.0. The van der Waals surface area contributed by atoms with Crippen LogP contribution in [0.4, 0.5) is 4.79 Å². The molecule has 1 N–H and O–H groups in total. The number of benzene rings is 1.